The van der Waals surface area contributed by atoms with Gasteiger partial charge in [0, 0.05) is 31.4 Å². The molecule has 2 aromatic rings. The van der Waals surface area contributed by atoms with Crippen molar-refractivity contribution in [1.29, 1.82) is 0 Å². The van der Waals surface area contributed by atoms with Crippen molar-refractivity contribution < 1.29 is 13.9 Å². The third kappa shape index (κ3) is 4.80. The molecule has 0 radical (unpaired) electrons. The molecule has 3 rings (SSSR count). The average molecular weight is 357 g/mol. The Labute approximate surface area is 153 Å². The molecule has 1 amide bonds. The number of hydrogen-bond donors (Lipinski definition) is 2. The molecule has 1 saturated heterocycles. The third-order valence-electron chi connectivity index (χ3n) is 4.38. The number of amides is 1. The van der Waals surface area contributed by atoms with E-state index in [9.17, 15) is 9.18 Å². The van der Waals surface area contributed by atoms with E-state index in [-0.39, 0.29) is 24.3 Å². The summed E-state index contributed by atoms with van der Waals surface area (Å²) < 4.78 is 19.0. The molecule has 2 aromatic carbocycles. The van der Waals surface area contributed by atoms with Gasteiger partial charge in [0.05, 0.1) is 13.2 Å². The van der Waals surface area contributed by atoms with Gasteiger partial charge in [-0.25, -0.2) is 4.39 Å². The molecule has 0 bridgehead atoms. The van der Waals surface area contributed by atoms with E-state index in [1.54, 1.807) is 6.07 Å². The van der Waals surface area contributed by atoms with Crippen LogP contribution in [0.4, 0.5) is 10.1 Å². The number of hydrogen-bond acceptors (Lipinski definition) is 4. The zero-order valence-electron chi connectivity index (χ0n) is 14.9. The second-order valence-corrected chi connectivity index (χ2v) is 6.25. The molecule has 1 aliphatic heterocycles. The molecular formula is C20H24FN3O2. The Kier molecular flexibility index (Phi) is 6.20. The van der Waals surface area contributed by atoms with Crippen LogP contribution in [-0.2, 0) is 4.79 Å². The minimum Gasteiger partial charge on any atom is -0.494 e. The summed E-state index contributed by atoms with van der Waals surface area (Å²) >= 11 is 0. The highest BCUT2D eigenvalue weighted by Gasteiger charge is 2.25. The topological polar surface area (TPSA) is 53.6 Å². The Morgan fingerprint density at radius 3 is 2.85 bits per heavy atom. The average Bonchev–Trinajstić information content (AvgIpc) is 2.64. The van der Waals surface area contributed by atoms with E-state index in [4.69, 9.17) is 4.74 Å². The maximum absolute atomic E-state index is 13.6. The highest BCUT2D eigenvalue weighted by molar-refractivity contribution is 5.92. The van der Waals surface area contributed by atoms with Gasteiger partial charge < -0.3 is 15.4 Å². The van der Waals surface area contributed by atoms with Crippen molar-refractivity contribution in [3.05, 3.63) is 59.9 Å². The summed E-state index contributed by atoms with van der Waals surface area (Å²) in [5, 5.41) is 6.23. The van der Waals surface area contributed by atoms with E-state index in [0.717, 1.165) is 30.1 Å². The van der Waals surface area contributed by atoms with Gasteiger partial charge in [-0.05, 0) is 48.9 Å². The fraction of sp³-hybridized carbons (Fsp3) is 0.350. The standard InChI is InChI=1S/C20H24FN3O2/c1-2-26-18-8-6-17(7-9-18)23-20(25)14-24-11-10-22-13-19(24)15-4-3-5-16(21)12-15/h3-9,12,19,22H,2,10-11,13-14H2,1H3,(H,23,25). The Balaban J connectivity index is 1.62. The number of carbonyl (C=O) groups excluding carboxylic acids is 1. The van der Waals surface area contributed by atoms with Gasteiger partial charge in [-0.3, -0.25) is 9.69 Å². The van der Waals surface area contributed by atoms with Crippen LogP contribution in [0.15, 0.2) is 48.5 Å². The van der Waals surface area contributed by atoms with E-state index in [1.165, 1.54) is 12.1 Å². The Hall–Kier alpha value is -2.44. The molecule has 0 aromatic heterocycles. The Bertz CT molecular complexity index is 736. The number of anilines is 1. The largest absolute Gasteiger partial charge is 0.494 e. The molecule has 5 nitrogen and oxygen atoms in total. The molecule has 0 spiro atoms. The molecule has 1 atom stereocenters. The van der Waals surface area contributed by atoms with Crippen LogP contribution in [0.1, 0.15) is 18.5 Å². The summed E-state index contributed by atoms with van der Waals surface area (Å²) in [5.41, 5.74) is 1.61. The van der Waals surface area contributed by atoms with Crippen molar-refractivity contribution in [3.8, 4) is 5.75 Å². The highest BCUT2D eigenvalue weighted by Crippen LogP contribution is 2.23. The van der Waals surface area contributed by atoms with Crippen LogP contribution in [0.3, 0.4) is 0 Å². The van der Waals surface area contributed by atoms with Crippen LogP contribution in [0.2, 0.25) is 0 Å². The normalized spacial score (nSPS) is 17.7. The SMILES string of the molecule is CCOc1ccc(NC(=O)CN2CCNCC2c2cccc(F)c2)cc1. The summed E-state index contributed by atoms with van der Waals surface area (Å²) in [5.74, 6) is 0.433. The number of ether oxygens (including phenoxy) is 1. The monoisotopic (exact) mass is 357 g/mol. The summed E-state index contributed by atoms with van der Waals surface area (Å²) in [6.45, 7) is 5.03. The number of piperazine rings is 1. The van der Waals surface area contributed by atoms with Crippen LogP contribution in [0, 0.1) is 5.82 Å². The molecule has 0 aliphatic carbocycles. The van der Waals surface area contributed by atoms with Crippen molar-refractivity contribution in [3.63, 3.8) is 0 Å². The van der Waals surface area contributed by atoms with E-state index in [2.05, 4.69) is 15.5 Å². The predicted octanol–water partition coefficient (Wildman–Crippen LogP) is 2.81. The van der Waals surface area contributed by atoms with Crippen molar-refractivity contribution in [2.75, 3.05) is 38.1 Å². The van der Waals surface area contributed by atoms with Gasteiger partial charge in [-0.2, -0.15) is 0 Å². The van der Waals surface area contributed by atoms with Crippen LogP contribution in [-0.4, -0.2) is 43.6 Å². The summed E-state index contributed by atoms with van der Waals surface area (Å²) in [6.07, 6.45) is 0. The summed E-state index contributed by atoms with van der Waals surface area (Å²) in [4.78, 5) is 14.5. The number of nitrogens with zero attached hydrogens (tertiary/aromatic N) is 1. The van der Waals surface area contributed by atoms with Gasteiger partial charge in [-0.15, -0.1) is 0 Å². The zero-order valence-corrected chi connectivity index (χ0v) is 14.9. The Morgan fingerprint density at radius 1 is 1.31 bits per heavy atom. The molecule has 2 N–H and O–H groups in total. The molecule has 1 aliphatic rings. The van der Waals surface area contributed by atoms with Crippen molar-refractivity contribution in [2.45, 2.75) is 13.0 Å². The van der Waals surface area contributed by atoms with E-state index < -0.39 is 0 Å². The zero-order chi connectivity index (χ0) is 18.4. The number of halogens is 1. The van der Waals surface area contributed by atoms with Crippen molar-refractivity contribution in [1.82, 2.24) is 10.2 Å². The summed E-state index contributed by atoms with van der Waals surface area (Å²) in [6, 6.07) is 13.9. The lowest BCUT2D eigenvalue weighted by atomic mass is 10.0. The molecule has 6 heteroatoms. The molecule has 1 unspecified atom stereocenters. The first kappa shape index (κ1) is 18.4. The van der Waals surface area contributed by atoms with Gasteiger partial charge >= 0.3 is 0 Å². The van der Waals surface area contributed by atoms with Crippen LogP contribution in [0.5, 0.6) is 5.75 Å². The molecule has 138 valence electrons. The lowest BCUT2D eigenvalue weighted by Gasteiger charge is -2.36. The molecule has 26 heavy (non-hydrogen) atoms. The number of carbonyl (C=O) groups is 1. The first-order valence-electron chi connectivity index (χ1n) is 8.88. The number of rotatable bonds is 6. The number of nitrogens with one attached hydrogen (secondary N) is 2. The van der Waals surface area contributed by atoms with Gasteiger partial charge in [0.25, 0.3) is 0 Å². The fourth-order valence-electron chi connectivity index (χ4n) is 3.16. The third-order valence-corrected chi connectivity index (χ3v) is 4.38. The van der Waals surface area contributed by atoms with Crippen LogP contribution < -0.4 is 15.4 Å². The summed E-state index contributed by atoms with van der Waals surface area (Å²) in [7, 11) is 0. The van der Waals surface area contributed by atoms with Gasteiger partial charge in [0.1, 0.15) is 11.6 Å². The second-order valence-electron chi connectivity index (χ2n) is 6.25. The van der Waals surface area contributed by atoms with Crippen molar-refractivity contribution >= 4 is 11.6 Å². The maximum atomic E-state index is 13.6. The lowest BCUT2D eigenvalue weighted by Crippen LogP contribution is -2.48. The molecular weight excluding hydrogens is 333 g/mol. The first-order valence-corrected chi connectivity index (χ1v) is 8.88. The minimum absolute atomic E-state index is 0.0227. The Morgan fingerprint density at radius 2 is 2.12 bits per heavy atom. The maximum Gasteiger partial charge on any atom is 0.238 e. The fourth-order valence-corrected chi connectivity index (χ4v) is 3.16. The van der Waals surface area contributed by atoms with Crippen molar-refractivity contribution in [2.24, 2.45) is 0 Å². The smallest absolute Gasteiger partial charge is 0.238 e. The van der Waals surface area contributed by atoms with E-state index >= 15 is 0 Å². The highest BCUT2D eigenvalue weighted by atomic mass is 19.1. The molecule has 1 heterocycles. The molecule has 1 fully saturated rings. The molecule has 0 saturated carbocycles. The van der Waals surface area contributed by atoms with Crippen LogP contribution in [0.25, 0.3) is 0 Å². The van der Waals surface area contributed by atoms with Gasteiger partial charge in [-0.1, -0.05) is 12.1 Å². The van der Waals surface area contributed by atoms with Gasteiger partial charge in [0.2, 0.25) is 5.91 Å². The number of benzene rings is 2. The first-order chi connectivity index (χ1) is 12.7. The van der Waals surface area contributed by atoms with Crippen LogP contribution >= 0.6 is 0 Å². The quantitative estimate of drug-likeness (QED) is 0.835. The predicted molar refractivity (Wildman–Crippen MR) is 99.8 cm³/mol. The van der Waals surface area contributed by atoms with Gasteiger partial charge in [0.15, 0.2) is 0 Å². The second kappa shape index (κ2) is 8.78. The van der Waals surface area contributed by atoms with E-state index in [1.807, 2.05) is 37.3 Å². The minimum atomic E-state index is -0.258. The van der Waals surface area contributed by atoms with E-state index in [0.29, 0.717) is 13.2 Å². The lowest BCUT2D eigenvalue weighted by molar-refractivity contribution is -0.118.